The third-order valence-electron chi connectivity index (χ3n) is 15.7. The van der Waals surface area contributed by atoms with Gasteiger partial charge in [0.1, 0.15) is 9.49 Å². The molecule has 1 amide bonds. The van der Waals surface area contributed by atoms with Gasteiger partial charge in [0, 0.05) is 102 Å². The summed E-state index contributed by atoms with van der Waals surface area (Å²) < 4.78 is 37.4. The number of nitrogens with zero attached hydrogens (tertiary/aromatic N) is 8. The maximum absolute atomic E-state index is 14.1. The number of aromatic nitrogens is 6. The topological polar surface area (TPSA) is 192 Å². The number of hydrogen-bond donors (Lipinski definition) is 4. The molecule has 2 spiro atoms. The molecule has 15 nitrogen and oxygen atoms in total. The van der Waals surface area contributed by atoms with Crippen molar-refractivity contribution in [2.24, 2.45) is 10.8 Å². The van der Waals surface area contributed by atoms with Crippen LogP contribution in [-0.2, 0) is 27.5 Å². The number of nitrogen functional groups attached to an aromatic ring is 1. The zero-order valence-corrected chi connectivity index (χ0v) is 47.4. The summed E-state index contributed by atoms with van der Waals surface area (Å²) in [7, 11) is 0. The number of nitrogens with two attached hydrogens (primary N) is 1. The van der Waals surface area contributed by atoms with E-state index in [1.165, 1.54) is 29.6 Å². The first-order valence-corrected chi connectivity index (χ1v) is 30.3. The van der Waals surface area contributed by atoms with Crippen molar-refractivity contribution in [1.29, 1.82) is 0 Å². The Kier molecular flexibility index (Phi) is 15.8. The number of imidazole rings is 2. The van der Waals surface area contributed by atoms with Gasteiger partial charge in [0.2, 0.25) is 17.8 Å². The molecule has 4 atom stereocenters. The molecule has 0 radical (unpaired) electrons. The molecule has 2 aliphatic heterocycles. The molecule has 0 unspecified atom stereocenters. The fraction of sp³-hybridized carbons (Fsp3) is 0.491. The van der Waals surface area contributed by atoms with Gasteiger partial charge in [-0.3, -0.25) is 13.6 Å². The molecule has 4 fully saturated rings. The number of nitrogens with one attached hydrogen (secondary N) is 3. The van der Waals surface area contributed by atoms with Gasteiger partial charge < -0.3 is 30.0 Å². The summed E-state index contributed by atoms with van der Waals surface area (Å²) in [5.41, 5.74) is 8.87. The summed E-state index contributed by atoms with van der Waals surface area (Å²) in [6.45, 7) is 13.4. The van der Waals surface area contributed by atoms with E-state index in [4.69, 9.17) is 43.9 Å². The van der Waals surface area contributed by atoms with Crippen LogP contribution in [0.25, 0.3) is 11.3 Å². The van der Waals surface area contributed by atoms with Gasteiger partial charge in [-0.1, -0.05) is 77.8 Å². The van der Waals surface area contributed by atoms with Gasteiger partial charge in [0.25, 0.3) is 0 Å². The van der Waals surface area contributed by atoms with Crippen molar-refractivity contribution >= 4 is 110 Å². The van der Waals surface area contributed by atoms with Crippen LogP contribution < -0.4 is 30.3 Å². The van der Waals surface area contributed by atoms with E-state index in [9.17, 15) is 13.9 Å². The Hall–Kier alpha value is -3.89. The molecule has 2 aromatic carbocycles. The zero-order valence-electron chi connectivity index (χ0n) is 42.6. The van der Waals surface area contributed by atoms with Crippen LogP contribution in [0, 0.1) is 10.8 Å². The van der Waals surface area contributed by atoms with Crippen molar-refractivity contribution in [3.63, 3.8) is 0 Å². The lowest BCUT2D eigenvalue weighted by atomic mass is 9.74. The Morgan fingerprint density at radius 3 is 1.76 bits per heavy atom. The zero-order chi connectivity index (χ0) is 52.0. The van der Waals surface area contributed by atoms with Crippen LogP contribution in [0.1, 0.15) is 105 Å². The largest absolute Gasteiger partial charge is 0.598 e. The number of amides is 1. The normalized spacial score (nSPS) is 20.9. The van der Waals surface area contributed by atoms with E-state index < -0.39 is 27.5 Å². The number of anilines is 4. The predicted molar refractivity (Wildman–Crippen MR) is 303 cm³/mol. The first kappa shape index (κ1) is 53.5. The third-order valence-corrected chi connectivity index (χ3v) is 22.2. The van der Waals surface area contributed by atoms with Crippen molar-refractivity contribution in [3.8, 4) is 0 Å². The van der Waals surface area contributed by atoms with Crippen LogP contribution in [0.3, 0.4) is 0 Å². The highest BCUT2D eigenvalue weighted by Crippen LogP contribution is 2.50. The van der Waals surface area contributed by atoms with Gasteiger partial charge in [-0.05, 0) is 127 Å². The van der Waals surface area contributed by atoms with E-state index in [0.717, 1.165) is 133 Å². The third kappa shape index (κ3) is 11.0. The fourth-order valence-electron chi connectivity index (χ4n) is 11.3. The molecule has 6 aromatic rings. The molecule has 21 heteroatoms. The number of hydrogen-bond acceptors (Lipinski definition) is 14. The summed E-state index contributed by atoms with van der Waals surface area (Å²) in [4.78, 5) is 40.7. The van der Waals surface area contributed by atoms with Crippen LogP contribution in [0.15, 0.2) is 105 Å². The summed E-state index contributed by atoms with van der Waals surface area (Å²) in [5.74, 6) is 1.39. The molecule has 2 saturated carbocycles. The van der Waals surface area contributed by atoms with Crippen molar-refractivity contribution in [2.45, 2.75) is 146 Å². The minimum Gasteiger partial charge on any atom is -0.598 e. The van der Waals surface area contributed by atoms with Crippen LogP contribution >= 0.6 is 46.7 Å². The van der Waals surface area contributed by atoms with E-state index in [1.54, 1.807) is 30.6 Å². The number of carbonyl (C=O) groups excluding carboxylic acids is 1. The summed E-state index contributed by atoms with van der Waals surface area (Å²) in [6, 6.07) is 11.6. The van der Waals surface area contributed by atoms with Gasteiger partial charge in [0.05, 0.1) is 43.3 Å². The van der Waals surface area contributed by atoms with E-state index in [-0.39, 0.29) is 33.6 Å². The van der Waals surface area contributed by atoms with Crippen LogP contribution in [-0.4, -0.2) is 91.5 Å². The van der Waals surface area contributed by atoms with Gasteiger partial charge in [-0.2, -0.15) is 0 Å². The van der Waals surface area contributed by atoms with Crippen molar-refractivity contribution in [2.75, 3.05) is 47.0 Å². The second-order valence-electron chi connectivity index (χ2n) is 21.9. The Labute approximate surface area is 459 Å². The average Bonchev–Trinajstić information content (AvgIpc) is 4.22. The second kappa shape index (κ2) is 21.9. The molecule has 394 valence electrons. The average molecular weight is 1120 g/mol. The maximum atomic E-state index is 14.1. The minimum absolute atomic E-state index is 0.0364. The Morgan fingerprint density at radius 1 is 0.730 bits per heavy atom. The quantitative estimate of drug-likeness (QED) is 0.0431. The SMILES string of the molecule is CC(C)(C)[S@@+]([O-])N[C@@H]1CCCC12CCN(c1ncc(Sc3cccc(NC(=O)/C=C/CC(C)(C)[S@@+]([O-])N[C@@H]4CCCC45CCN(c4ncc(Sc6cccc(N)c6Cl)c6nccn46)CC5)c3Cl)c3nccn13)CC2. The van der Waals surface area contributed by atoms with Gasteiger partial charge in [-0.25, -0.2) is 19.9 Å². The number of benzene rings is 2. The molecule has 0 bridgehead atoms. The van der Waals surface area contributed by atoms with Crippen molar-refractivity contribution in [3.05, 3.63) is 95.8 Å². The molecule has 6 heterocycles. The van der Waals surface area contributed by atoms with Crippen molar-refractivity contribution in [1.82, 2.24) is 38.2 Å². The number of halogens is 2. The standard InChI is InChI=1S/C53H66Cl2N12O3S4/c1-50(2,3)73(69)62-41-15-8-19-52(41)21-27-64(28-22-52)49-60-34-40(47-58-26-32-67(47)49)72-38-14-7-12-36(45(38)55)61-43(68)17-10-18-51(4,5)74(70)63-42-16-9-20-53(42)23-29-65(30-24-53)48-59-33-39(46-57-25-31-66(46)48)71-37-13-6-11-35(56)44(37)54/h6-7,10-14,17,25-26,31-34,41-42,62-63H,8-9,15-16,18-24,27-30,56H2,1-5H3,(H,61,68)/b17-10+/t41-,42-,73-,74-/m1/s1. The van der Waals surface area contributed by atoms with Crippen LogP contribution in [0.5, 0.6) is 0 Å². The van der Waals surface area contributed by atoms with Crippen molar-refractivity contribution < 1.29 is 13.9 Å². The molecule has 74 heavy (non-hydrogen) atoms. The lowest BCUT2D eigenvalue weighted by molar-refractivity contribution is -0.111. The molecular formula is C53H66Cl2N12O3S4. The lowest BCUT2D eigenvalue weighted by Crippen LogP contribution is -2.54. The van der Waals surface area contributed by atoms with E-state index >= 15 is 0 Å². The monoisotopic (exact) mass is 1120 g/mol. The minimum atomic E-state index is -1.37. The maximum Gasteiger partial charge on any atom is 0.248 e. The summed E-state index contributed by atoms with van der Waals surface area (Å²) in [6.07, 6.45) is 25.4. The molecule has 10 rings (SSSR count). The predicted octanol–water partition coefficient (Wildman–Crippen LogP) is 10.9. The smallest absolute Gasteiger partial charge is 0.248 e. The first-order chi connectivity index (χ1) is 35.4. The molecule has 4 aliphatic rings. The Bertz CT molecular complexity index is 3020. The molecular weight excluding hydrogens is 1050 g/mol. The Balaban J connectivity index is 0.719. The highest BCUT2D eigenvalue weighted by molar-refractivity contribution is 8.00. The number of carbonyl (C=O) groups is 1. The highest BCUT2D eigenvalue weighted by Gasteiger charge is 2.50. The van der Waals surface area contributed by atoms with Crippen LogP contribution in [0.4, 0.5) is 23.3 Å². The number of fused-ring (bicyclic) bond motifs is 2. The Morgan fingerprint density at radius 2 is 1.23 bits per heavy atom. The van der Waals surface area contributed by atoms with Gasteiger partial charge >= 0.3 is 0 Å². The first-order valence-electron chi connectivity index (χ1n) is 25.6. The number of piperidine rings is 2. The van der Waals surface area contributed by atoms with Gasteiger partial charge in [-0.15, -0.1) is 9.44 Å². The number of allylic oxidation sites excluding steroid dienone is 1. The fourth-order valence-corrected chi connectivity index (χ4v) is 15.9. The van der Waals surface area contributed by atoms with E-state index in [1.807, 2.05) is 92.5 Å². The highest BCUT2D eigenvalue weighted by atomic mass is 35.5. The molecule has 2 aliphatic carbocycles. The second-order valence-corrected chi connectivity index (χ2v) is 28.7. The number of rotatable bonds is 15. The summed E-state index contributed by atoms with van der Waals surface area (Å²) >= 11 is 14.0. The lowest BCUT2D eigenvalue weighted by Gasteiger charge is -2.44. The summed E-state index contributed by atoms with van der Waals surface area (Å²) in [5, 5.41) is 3.91. The van der Waals surface area contributed by atoms with Gasteiger partial charge in [0.15, 0.2) is 11.3 Å². The molecule has 2 saturated heterocycles. The van der Waals surface area contributed by atoms with E-state index in [0.29, 0.717) is 27.8 Å². The molecule has 4 aromatic heterocycles. The van der Waals surface area contributed by atoms with Crippen LogP contribution in [0.2, 0.25) is 10.0 Å². The molecule has 5 N–H and O–H groups in total. The van der Waals surface area contributed by atoms with E-state index in [2.05, 4.69) is 29.5 Å².